The van der Waals surface area contributed by atoms with Crippen LogP contribution in [0.15, 0.2) is 48.5 Å². The van der Waals surface area contributed by atoms with Gasteiger partial charge in [-0.1, -0.05) is 6.07 Å². The standard InChI is InChI=1S/C18H18F2N2O2/c1-22(11-12-23)14-7-5-13(6-8-14)21-18(24)10-9-15-16(19)3-2-4-17(15)20/h2-10,23H,11-12H2,1H3,(H,21,24)/b10-9+. The molecule has 126 valence electrons. The minimum Gasteiger partial charge on any atom is -0.395 e. The monoisotopic (exact) mass is 332 g/mol. The normalized spacial score (nSPS) is 10.8. The smallest absolute Gasteiger partial charge is 0.248 e. The van der Waals surface area contributed by atoms with E-state index in [-0.39, 0.29) is 12.2 Å². The molecule has 0 unspecified atom stereocenters. The number of rotatable bonds is 6. The summed E-state index contributed by atoms with van der Waals surface area (Å²) >= 11 is 0. The number of aliphatic hydroxyl groups is 1. The maximum absolute atomic E-state index is 13.5. The van der Waals surface area contributed by atoms with Gasteiger partial charge in [0.2, 0.25) is 5.91 Å². The molecule has 1 amide bonds. The molecule has 0 atom stereocenters. The minimum absolute atomic E-state index is 0.0480. The van der Waals surface area contributed by atoms with Gasteiger partial charge in [-0.3, -0.25) is 4.79 Å². The van der Waals surface area contributed by atoms with Crippen LogP contribution >= 0.6 is 0 Å². The summed E-state index contributed by atoms with van der Waals surface area (Å²) in [5.41, 5.74) is 1.19. The van der Waals surface area contributed by atoms with Crippen molar-refractivity contribution in [2.45, 2.75) is 0 Å². The zero-order chi connectivity index (χ0) is 17.5. The molecule has 0 fully saturated rings. The second-order valence-electron chi connectivity index (χ2n) is 5.15. The molecule has 0 radical (unpaired) electrons. The summed E-state index contributed by atoms with van der Waals surface area (Å²) in [6.45, 7) is 0.551. The molecule has 0 aromatic heterocycles. The van der Waals surface area contributed by atoms with Crippen molar-refractivity contribution in [2.75, 3.05) is 30.4 Å². The van der Waals surface area contributed by atoms with E-state index in [2.05, 4.69) is 5.32 Å². The Morgan fingerprint density at radius 1 is 1.17 bits per heavy atom. The molecule has 2 aromatic carbocycles. The van der Waals surface area contributed by atoms with Crippen molar-refractivity contribution in [2.24, 2.45) is 0 Å². The number of nitrogens with zero attached hydrogens (tertiary/aromatic N) is 1. The molecular weight excluding hydrogens is 314 g/mol. The highest BCUT2D eigenvalue weighted by atomic mass is 19.1. The highest BCUT2D eigenvalue weighted by Gasteiger charge is 2.06. The first-order valence-electron chi connectivity index (χ1n) is 7.36. The predicted molar refractivity (Wildman–Crippen MR) is 90.8 cm³/mol. The Hall–Kier alpha value is -2.73. The number of hydrogen-bond donors (Lipinski definition) is 2. The molecule has 0 bridgehead atoms. The van der Waals surface area contributed by atoms with Gasteiger partial charge in [0.1, 0.15) is 11.6 Å². The Kier molecular flexibility index (Phi) is 6.03. The van der Waals surface area contributed by atoms with E-state index in [1.165, 1.54) is 6.07 Å². The molecule has 6 heteroatoms. The second kappa shape index (κ2) is 8.21. The number of carbonyl (C=O) groups is 1. The fraction of sp³-hybridized carbons (Fsp3) is 0.167. The van der Waals surface area contributed by atoms with E-state index in [4.69, 9.17) is 5.11 Å². The summed E-state index contributed by atoms with van der Waals surface area (Å²) in [5, 5.41) is 11.5. The van der Waals surface area contributed by atoms with Crippen LogP contribution in [-0.2, 0) is 4.79 Å². The number of halogens is 2. The number of carbonyl (C=O) groups excluding carboxylic acids is 1. The van der Waals surface area contributed by atoms with E-state index in [1.54, 1.807) is 24.3 Å². The molecule has 0 aliphatic rings. The molecule has 0 spiro atoms. The molecule has 0 saturated carbocycles. The van der Waals surface area contributed by atoms with Gasteiger partial charge < -0.3 is 15.3 Å². The number of nitrogens with one attached hydrogen (secondary N) is 1. The molecule has 2 N–H and O–H groups in total. The highest BCUT2D eigenvalue weighted by molar-refractivity contribution is 6.02. The summed E-state index contributed by atoms with van der Waals surface area (Å²) in [4.78, 5) is 13.7. The van der Waals surface area contributed by atoms with Crippen molar-refractivity contribution in [3.8, 4) is 0 Å². The molecule has 24 heavy (non-hydrogen) atoms. The average Bonchev–Trinajstić information content (AvgIpc) is 2.55. The lowest BCUT2D eigenvalue weighted by molar-refractivity contribution is -0.111. The van der Waals surface area contributed by atoms with Gasteiger partial charge in [0.25, 0.3) is 0 Å². The second-order valence-corrected chi connectivity index (χ2v) is 5.15. The zero-order valence-electron chi connectivity index (χ0n) is 13.2. The van der Waals surface area contributed by atoms with E-state index < -0.39 is 17.5 Å². The predicted octanol–water partition coefficient (Wildman–Crippen LogP) is 3.05. The van der Waals surface area contributed by atoms with E-state index in [9.17, 15) is 13.6 Å². The van der Waals surface area contributed by atoms with Gasteiger partial charge in [-0.25, -0.2) is 8.78 Å². The van der Waals surface area contributed by atoms with Gasteiger partial charge in [-0.05, 0) is 42.5 Å². The number of amides is 1. The van der Waals surface area contributed by atoms with Crippen molar-refractivity contribution in [3.63, 3.8) is 0 Å². The van der Waals surface area contributed by atoms with E-state index >= 15 is 0 Å². The first-order valence-corrected chi connectivity index (χ1v) is 7.36. The van der Waals surface area contributed by atoms with Crippen molar-refractivity contribution < 1.29 is 18.7 Å². The van der Waals surface area contributed by atoms with Crippen LogP contribution in [0.3, 0.4) is 0 Å². The van der Waals surface area contributed by atoms with E-state index in [0.717, 1.165) is 30.0 Å². The van der Waals surface area contributed by atoms with Gasteiger partial charge >= 0.3 is 0 Å². The van der Waals surface area contributed by atoms with Crippen LogP contribution in [0.25, 0.3) is 6.08 Å². The SMILES string of the molecule is CN(CCO)c1ccc(NC(=O)/C=C/c2c(F)cccc2F)cc1. The summed E-state index contributed by atoms with van der Waals surface area (Å²) in [6.07, 6.45) is 2.18. The largest absolute Gasteiger partial charge is 0.395 e. The van der Waals surface area contributed by atoms with Gasteiger partial charge in [0, 0.05) is 36.6 Å². The van der Waals surface area contributed by atoms with Crippen LogP contribution in [-0.4, -0.2) is 31.2 Å². The summed E-state index contributed by atoms with van der Waals surface area (Å²) in [5.74, 6) is -1.94. The Balaban J connectivity index is 2.01. The van der Waals surface area contributed by atoms with Gasteiger partial charge in [0.05, 0.1) is 6.61 Å². The number of aliphatic hydroxyl groups excluding tert-OH is 1. The molecule has 0 aliphatic carbocycles. The number of likely N-dealkylation sites (N-methyl/N-ethyl adjacent to an activating group) is 1. The third kappa shape index (κ3) is 4.63. The van der Waals surface area contributed by atoms with Gasteiger partial charge in [0.15, 0.2) is 0 Å². The molecule has 0 saturated heterocycles. The fourth-order valence-corrected chi connectivity index (χ4v) is 2.09. The van der Waals surface area contributed by atoms with Crippen molar-refractivity contribution in [3.05, 3.63) is 65.7 Å². The van der Waals surface area contributed by atoms with E-state index in [0.29, 0.717) is 12.2 Å². The van der Waals surface area contributed by atoms with Crippen LogP contribution in [0.1, 0.15) is 5.56 Å². The quantitative estimate of drug-likeness (QED) is 0.800. The van der Waals surface area contributed by atoms with Crippen molar-refractivity contribution in [1.82, 2.24) is 0 Å². The lowest BCUT2D eigenvalue weighted by atomic mass is 10.2. The summed E-state index contributed by atoms with van der Waals surface area (Å²) in [7, 11) is 1.84. The maximum Gasteiger partial charge on any atom is 0.248 e. The topological polar surface area (TPSA) is 52.6 Å². The van der Waals surface area contributed by atoms with Crippen LogP contribution in [0.4, 0.5) is 20.2 Å². The highest BCUT2D eigenvalue weighted by Crippen LogP contribution is 2.17. The Labute approximate surface area is 139 Å². The first kappa shape index (κ1) is 17.6. The molecule has 0 heterocycles. The third-order valence-corrected chi connectivity index (χ3v) is 3.41. The third-order valence-electron chi connectivity index (χ3n) is 3.41. The van der Waals surface area contributed by atoms with Crippen molar-refractivity contribution in [1.29, 1.82) is 0 Å². The molecule has 0 aliphatic heterocycles. The van der Waals surface area contributed by atoms with Crippen molar-refractivity contribution >= 4 is 23.4 Å². The fourth-order valence-electron chi connectivity index (χ4n) is 2.09. The van der Waals surface area contributed by atoms with Gasteiger partial charge in [-0.2, -0.15) is 0 Å². The maximum atomic E-state index is 13.5. The van der Waals surface area contributed by atoms with Crippen LogP contribution < -0.4 is 10.2 Å². The Bertz CT molecular complexity index is 710. The molecular formula is C18H18F2N2O2. The summed E-state index contributed by atoms with van der Waals surface area (Å²) < 4.78 is 26.9. The molecule has 2 rings (SSSR count). The zero-order valence-corrected chi connectivity index (χ0v) is 13.2. The lowest BCUT2D eigenvalue weighted by Gasteiger charge is -2.18. The molecule has 4 nitrogen and oxygen atoms in total. The van der Waals surface area contributed by atoms with Crippen LogP contribution in [0.5, 0.6) is 0 Å². The first-order chi connectivity index (χ1) is 11.5. The van der Waals surface area contributed by atoms with Gasteiger partial charge in [-0.15, -0.1) is 0 Å². The van der Waals surface area contributed by atoms with E-state index in [1.807, 2.05) is 11.9 Å². The summed E-state index contributed by atoms with van der Waals surface area (Å²) in [6, 6.07) is 10.5. The van der Waals surface area contributed by atoms with Crippen LogP contribution in [0.2, 0.25) is 0 Å². The lowest BCUT2D eigenvalue weighted by Crippen LogP contribution is -2.20. The number of hydrogen-bond acceptors (Lipinski definition) is 3. The van der Waals surface area contributed by atoms with Crippen LogP contribution in [0, 0.1) is 11.6 Å². The minimum atomic E-state index is -0.727. The number of anilines is 2. The number of benzene rings is 2. The Morgan fingerprint density at radius 2 is 1.79 bits per heavy atom. The molecule has 2 aromatic rings. The Morgan fingerprint density at radius 3 is 2.38 bits per heavy atom. The average molecular weight is 332 g/mol.